The van der Waals surface area contributed by atoms with E-state index < -0.39 is 5.97 Å². The molecule has 0 saturated carbocycles. The van der Waals surface area contributed by atoms with Crippen molar-refractivity contribution in [3.8, 4) is 11.5 Å². The number of ether oxygens (including phenoxy) is 2. The average Bonchev–Trinajstić information content (AvgIpc) is 3.34. The van der Waals surface area contributed by atoms with Crippen LogP contribution in [0.2, 0.25) is 0 Å². The van der Waals surface area contributed by atoms with Gasteiger partial charge in [0.25, 0.3) is 5.91 Å². The number of benzene rings is 4. The largest absolute Gasteiger partial charge is 0.492 e. The third-order valence-corrected chi connectivity index (χ3v) is 6.61. The highest BCUT2D eigenvalue weighted by Gasteiger charge is 2.26. The highest BCUT2D eigenvalue weighted by atomic mass is 16.5. The smallest absolute Gasteiger partial charge is 0.304 e. The number of amides is 1. The third-order valence-electron chi connectivity index (χ3n) is 6.61. The van der Waals surface area contributed by atoms with Crippen LogP contribution in [0.3, 0.4) is 0 Å². The van der Waals surface area contributed by atoms with Crippen LogP contribution in [-0.2, 0) is 24.5 Å². The summed E-state index contributed by atoms with van der Waals surface area (Å²) in [7, 11) is 0. The van der Waals surface area contributed by atoms with Crippen molar-refractivity contribution < 1.29 is 24.2 Å². The lowest BCUT2D eigenvalue weighted by Gasteiger charge is -2.23. The number of aliphatic carboxylic acids is 1. The fourth-order valence-corrected chi connectivity index (χ4v) is 4.63. The van der Waals surface area contributed by atoms with Crippen molar-refractivity contribution in [1.82, 2.24) is 4.90 Å². The number of carbonyl (C=O) groups excluding carboxylic acids is 1. The molecule has 0 fully saturated rings. The Morgan fingerprint density at radius 3 is 2.05 bits per heavy atom. The Balaban J connectivity index is 1.24. The average molecular weight is 508 g/mol. The van der Waals surface area contributed by atoms with Gasteiger partial charge in [-0.2, -0.15) is 0 Å². The number of carboxylic acids is 1. The molecule has 1 aliphatic heterocycles. The summed E-state index contributed by atoms with van der Waals surface area (Å²) in [6.45, 7) is 1.75. The summed E-state index contributed by atoms with van der Waals surface area (Å²) >= 11 is 0. The molecule has 1 aliphatic rings. The first-order valence-electron chi connectivity index (χ1n) is 12.6. The monoisotopic (exact) mass is 507 g/mol. The molecule has 1 heterocycles. The van der Waals surface area contributed by atoms with Gasteiger partial charge in [0.15, 0.2) is 0 Å². The first kappa shape index (κ1) is 25.1. The highest BCUT2D eigenvalue weighted by molar-refractivity contribution is 5.94. The molecular weight excluding hydrogens is 478 g/mol. The van der Waals surface area contributed by atoms with Crippen molar-refractivity contribution >= 4 is 11.9 Å². The molecular formula is C32H29NO5. The predicted octanol–water partition coefficient (Wildman–Crippen LogP) is 6.06. The van der Waals surface area contributed by atoms with E-state index in [9.17, 15) is 9.59 Å². The van der Waals surface area contributed by atoms with E-state index in [4.69, 9.17) is 14.6 Å². The van der Waals surface area contributed by atoms with Crippen LogP contribution >= 0.6 is 0 Å². The predicted molar refractivity (Wildman–Crippen MR) is 144 cm³/mol. The second-order valence-corrected chi connectivity index (χ2v) is 9.42. The molecule has 38 heavy (non-hydrogen) atoms. The van der Waals surface area contributed by atoms with Crippen molar-refractivity contribution in [3.05, 3.63) is 131 Å². The zero-order valence-corrected chi connectivity index (χ0v) is 21.0. The number of rotatable bonds is 10. The van der Waals surface area contributed by atoms with E-state index in [-0.39, 0.29) is 18.2 Å². The lowest BCUT2D eigenvalue weighted by atomic mass is 9.98. The number of fused-ring (bicyclic) bond motifs is 1. The molecule has 0 saturated heterocycles. The molecule has 0 spiro atoms. The molecule has 192 valence electrons. The van der Waals surface area contributed by atoms with E-state index in [1.54, 1.807) is 6.07 Å². The van der Waals surface area contributed by atoms with E-state index in [1.165, 1.54) is 0 Å². The van der Waals surface area contributed by atoms with Gasteiger partial charge in [-0.3, -0.25) is 9.59 Å². The maximum Gasteiger partial charge on any atom is 0.304 e. The first-order valence-corrected chi connectivity index (χ1v) is 12.6. The van der Waals surface area contributed by atoms with Crippen LogP contribution in [0.5, 0.6) is 11.5 Å². The Labute approximate surface area is 222 Å². The van der Waals surface area contributed by atoms with Gasteiger partial charge in [-0.05, 0) is 34.9 Å². The molecule has 0 aliphatic carbocycles. The number of carboxylic acid groups (broad SMARTS) is 1. The quantitative estimate of drug-likeness (QED) is 0.282. The normalized spacial score (nSPS) is 13.8. The van der Waals surface area contributed by atoms with Crippen LogP contribution in [0.1, 0.15) is 45.0 Å². The molecule has 0 bridgehead atoms. The second-order valence-electron chi connectivity index (χ2n) is 9.42. The van der Waals surface area contributed by atoms with E-state index >= 15 is 0 Å². The summed E-state index contributed by atoms with van der Waals surface area (Å²) in [5.74, 6) is 0.321. The van der Waals surface area contributed by atoms with Crippen molar-refractivity contribution in [2.24, 2.45) is 0 Å². The molecule has 5 rings (SSSR count). The highest BCUT2D eigenvalue weighted by Crippen LogP contribution is 2.38. The lowest BCUT2D eigenvalue weighted by Crippen LogP contribution is -2.30. The minimum atomic E-state index is -0.836. The van der Waals surface area contributed by atoms with Gasteiger partial charge in [0.1, 0.15) is 18.1 Å². The zero-order chi connectivity index (χ0) is 26.3. The number of carbonyl (C=O) groups is 2. The molecule has 0 aromatic heterocycles. The Bertz CT molecular complexity index is 1350. The standard InChI is InChI=1S/C32H29NO5/c34-31(35)17-27-22-38-30-18-28(15-16-29(27)30)37-21-25-11-13-26(14-12-25)32(36)33(19-23-7-3-1-4-8-23)20-24-9-5-2-6-10-24/h1-16,18,27H,17,19-22H2,(H,34,35). The van der Waals surface area contributed by atoms with Crippen LogP contribution in [0, 0.1) is 0 Å². The summed E-state index contributed by atoms with van der Waals surface area (Å²) in [4.78, 5) is 26.4. The summed E-state index contributed by atoms with van der Waals surface area (Å²) in [6.07, 6.45) is 0.0480. The minimum absolute atomic E-state index is 0.0307. The molecule has 4 aromatic carbocycles. The van der Waals surface area contributed by atoms with Crippen LogP contribution in [0.25, 0.3) is 0 Å². The molecule has 1 N–H and O–H groups in total. The summed E-state index contributed by atoms with van der Waals surface area (Å²) in [5.41, 5.74) is 4.61. The number of hydrogen-bond acceptors (Lipinski definition) is 4. The van der Waals surface area contributed by atoms with E-state index in [0.29, 0.717) is 43.4 Å². The number of nitrogens with zero attached hydrogens (tertiary/aromatic N) is 1. The van der Waals surface area contributed by atoms with Crippen LogP contribution in [0.15, 0.2) is 103 Å². The molecule has 1 atom stereocenters. The molecule has 4 aromatic rings. The maximum absolute atomic E-state index is 13.5. The van der Waals surface area contributed by atoms with Gasteiger partial charge in [-0.15, -0.1) is 0 Å². The Hall–Kier alpha value is -4.58. The van der Waals surface area contributed by atoms with Gasteiger partial charge in [0, 0.05) is 36.2 Å². The van der Waals surface area contributed by atoms with Gasteiger partial charge < -0.3 is 19.5 Å². The zero-order valence-electron chi connectivity index (χ0n) is 21.0. The van der Waals surface area contributed by atoms with Gasteiger partial charge in [0.2, 0.25) is 0 Å². The van der Waals surface area contributed by atoms with E-state index in [2.05, 4.69) is 0 Å². The Kier molecular flexibility index (Phi) is 7.69. The molecule has 6 heteroatoms. The number of hydrogen-bond donors (Lipinski definition) is 1. The van der Waals surface area contributed by atoms with Crippen molar-refractivity contribution in [2.75, 3.05) is 6.61 Å². The maximum atomic E-state index is 13.5. The SMILES string of the molecule is O=C(O)CC1COc2cc(OCc3ccc(C(=O)N(Cc4ccccc4)Cc4ccccc4)cc3)ccc21. The Morgan fingerprint density at radius 1 is 0.816 bits per heavy atom. The third kappa shape index (κ3) is 6.21. The van der Waals surface area contributed by atoms with Crippen LogP contribution in [-0.4, -0.2) is 28.5 Å². The lowest BCUT2D eigenvalue weighted by molar-refractivity contribution is -0.137. The van der Waals surface area contributed by atoms with Gasteiger partial charge in [-0.25, -0.2) is 0 Å². The topological polar surface area (TPSA) is 76.1 Å². The van der Waals surface area contributed by atoms with Crippen molar-refractivity contribution in [2.45, 2.75) is 32.0 Å². The summed E-state index contributed by atoms with van der Waals surface area (Å²) < 4.78 is 11.6. The van der Waals surface area contributed by atoms with E-state index in [0.717, 1.165) is 22.3 Å². The molecule has 1 amide bonds. The fourth-order valence-electron chi connectivity index (χ4n) is 4.63. The Morgan fingerprint density at radius 2 is 1.45 bits per heavy atom. The minimum Gasteiger partial charge on any atom is -0.492 e. The van der Waals surface area contributed by atoms with Gasteiger partial charge >= 0.3 is 5.97 Å². The summed E-state index contributed by atoms with van der Waals surface area (Å²) in [6, 6.07) is 33.0. The van der Waals surface area contributed by atoms with Crippen LogP contribution in [0.4, 0.5) is 0 Å². The van der Waals surface area contributed by atoms with Crippen LogP contribution < -0.4 is 9.47 Å². The summed E-state index contributed by atoms with van der Waals surface area (Å²) in [5, 5.41) is 9.08. The molecule has 1 unspecified atom stereocenters. The second kappa shape index (κ2) is 11.6. The van der Waals surface area contributed by atoms with Crippen molar-refractivity contribution in [1.29, 1.82) is 0 Å². The van der Waals surface area contributed by atoms with E-state index in [1.807, 2.05) is 102 Å². The van der Waals surface area contributed by atoms with Gasteiger partial charge in [0.05, 0.1) is 13.0 Å². The van der Waals surface area contributed by atoms with Crippen molar-refractivity contribution in [3.63, 3.8) is 0 Å². The molecule has 6 nitrogen and oxygen atoms in total. The fraction of sp³-hybridized carbons (Fsp3) is 0.188. The molecule has 0 radical (unpaired) electrons. The first-order chi connectivity index (χ1) is 18.5. The van der Waals surface area contributed by atoms with Gasteiger partial charge in [-0.1, -0.05) is 78.9 Å².